The number of hydrogen-bond donors (Lipinski definition) is 1. The second-order valence-electron chi connectivity index (χ2n) is 10.8. The minimum Gasteiger partial charge on any atom is -0.490 e. The van der Waals surface area contributed by atoms with E-state index in [0.717, 1.165) is 43.0 Å². The van der Waals surface area contributed by atoms with Crippen molar-refractivity contribution >= 4 is 5.97 Å². The van der Waals surface area contributed by atoms with Crippen LogP contribution in [0.2, 0.25) is 0 Å². The molecule has 2 unspecified atom stereocenters. The summed E-state index contributed by atoms with van der Waals surface area (Å²) in [6.07, 6.45) is 9.39. The van der Waals surface area contributed by atoms with E-state index in [1.807, 2.05) is 36.4 Å². The average molecular weight is 466 g/mol. The number of likely N-dealkylation sites (tertiary alicyclic amines) is 1. The van der Waals surface area contributed by atoms with Crippen LogP contribution in [0.1, 0.15) is 63.9 Å². The van der Waals surface area contributed by atoms with Crippen molar-refractivity contribution in [2.24, 2.45) is 17.3 Å². The molecule has 1 spiro atoms. The number of carboxylic acid groups (broad SMARTS) is 1. The molecular formula is C29H36FNO3. The van der Waals surface area contributed by atoms with Gasteiger partial charge < -0.3 is 9.84 Å². The highest BCUT2D eigenvalue weighted by Crippen LogP contribution is 2.55. The highest BCUT2D eigenvalue weighted by Gasteiger charge is 2.46. The molecule has 34 heavy (non-hydrogen) atoms. The Bertz CT molecular complexity index is 1010. The lowest BCUT2D eigenvalue weighted by Crippen LogP contribution is -2.43. The van der Waals surface area contributed by atoms with E-state index in [1.54, 1.807) is 6.07 Å². The van der Waals surface area contributed by atoms with E-state index < -0.39 is 5.97 Å². The first-order chi connectivity index (χ1) is 16.4. The molecule has 2 aromatic carbocycles. The number of carboxylic acids is 1. The molecule has 1 aliphatic heterocycles. The molecule has 1 N–H and O–H groups in total. The summed E-state index contributed by atoms with van der Waals surface area (Å²) in [6.45, 7) is 4.12. The summed E-state index contributed by atoms with van der Waals surface area (Å²) in [5, 5.41) is 9.33. The molecule has 182 valence electrons. The van der Waals surface area contributed by atoms with Crippen molar-refractivity contribution < 1.29 is 19.0 Å². The first-order valence-electron chi connectivity index (χ1n) is 12.9. The Hall–Kier alpha value is -2.40. The molecular weight excluding hydrogens is 429 g/mol. The first-order valence-corrected chi connectivity index (χ1v) is 12.9. The summed E-state index contributed by atoms with van der Waals surface area (Å²) < 4.78 is 21.7. The predicted octanol–water partition coefficient (Wildman–Crippen LogP) is 6.53. The van der Waals surface area contributed by atoms with Crippen LogP contribution in [-0.2, 0) is 11.3 Å². The Labute approximate surface area is 202 Å². The molecule has 4 nitrogen and oxygen atoms in total. The third-order valence-electron chi connectivity index (χ3n) is 8.84. The monoisotopic (exact) mass is 465 g/mol. The van der Waals surface area contributed by atoms with Crippen LogP contribution in [0.5, 0.6) is 5.75 Å². The topological polar surface area (TPSA) is 49.8 Å². The van der Waals surface area contributed by atoms with Gasteiger partial charge >= 0.3 is 5.97 Å². The number of rotatable bonds is 6. The van der Waals surface area contributed by atoms with E-state index in [9.17, 15) is 9.90 Å². The van der Waals surface area contributed by atoms with Crippen LogP contribution in [0.25, 0.3) is 11.1 Å². The Morgan fingerprint density at radius 2 is 1.82 bits per heavy atom. The summed E-state index contributed by atoms with van der Waals surface area (Å²) in [5.74, 6) is 0.384. The summed E-state index contributed by atoms with van der Waals surface area (Å²) >= 11 is 0. The maximum Gasteiger partial charge on any atom is 0.307 e. The van der Waals surface area contributed by atoms with Crippen molar-refractivity contribution in [3.05, 3.63) is 53.8 Å². The Balaban J connectivity index is 1.22. The number of carbonyl (C=O) groups is 1. The van der Waals surface area contributed by atoms with Gasteiger partial charge in [-0.3, -0.25) is 9.69 Å². The number of ether oxygens (including phenoxy) is 1. The molecule has 0 aromatic heterocycles. The van der Waals surface area contributed by atoms with E-state index in [2.05, 4.69) is 11.8 Å². The molecule has 5 rings (SSSR count). The van der Waals surface area contributed by atoms with Gasteiger partial charge in [0.2, 0.25) is 0 Å². The molecule has 3 aliphatic rings. The molecule has 3 fully saturated rings. The number of aliphatic carboxylic acids is 1. The van der Waals surface area contributed by atoms with E-state index >= 15 is 4.39 Å². The molecule has 0 bridgehead atoms. The third kappa shape index (κ3) is 4.72. The summed E-state index contributed by atoms with van der Waals surface area (Å²) in [5.41, 5.74) is 2.62. The summed E-state index contributed by atoms with van der Waals surface area (Å²) in [4.78, 5) is 13.4. The average Bonchev–Trinajstić information content (AvgIpc) is 2.86. The molecule has 1 heterocycles. The first kappa shape index (κ1) is 23.3. The lowest BCUT2D eigenvalue weighted by atomic mass is 9.54. The van der Waals surface area contributed by atoms with Crippen molar-refractivity contribution in [3.63, 3.8) is 0 Å². The number of halogens is 1. The van der Waals surface area contributed by atoms with Crippen molar-refractivity contribution in [1.29, 1.82) is 0 Å². The second kappa shape index (κ2) is 9.69. The smallest absolute Gasteiger partial charge is 0.307 e. The van der Waals surface area contributed by atoms with E-state index in [1.165, 1.54) is 25.7 Å². The number of nitrogens with zero attached hydrogens (tertiary/aromatic N) is 1. The summed E-state index contributed by atoms with van der Waals surface area (Å²) in [7, 11) is 0. The maximum absolute atomic E-state index is 15.4. The van der Waals surface area contributed by atoms with E-state index in [-0.39, 0.29) is 17.8 Å². The highest BCUT2D eigenvalue weighted by atomic mass is 19.1. The van der Waals surface area contributed by atoms with Gasteiger partial charge in [-0.1, -0.05) is 37.3 Å². The van der Waals surface area contributed by atoms with Gasteiger partial charge in [-0.15, -0.1) is 0 Å². The SMILES string of the molecule is CC1CCC12CCC(Oc1ccc(-c3cccc(CN4CCCC(C(=O)O)C4)c3F)cc1)CC2. The van der Waals surface area contributed by atoms with Gasteiger partial charge in [-0.2, -0.15) is 0 Å². The zero-order chi connectivity index (χ0) is 23.7. The van der Waals surface area contributed by atoms with Crippen LogP contribution in [0, 0.1) is 23.1 Å². The number of hydrogen-bond acceptors (Lipinski definition) is 3. The number of benzene rings is 2. The molecule has 0 radical (unpaired) electrons. The Morgan fingerprint density at radius 3 is 2.47 bits per heavy atom. The molecule has 2 saturated carbocycles. The fraction of sp³-hybridized carbons (Fsp3) is 0.552. The van der Waals surface area contributed by atoms with Crippen LogP contribution in [0.4, 0.5) is 4.39 Å². The van der Waals surface area contributed by atoms with E-state index in [4.69, 9.17) is 4.74 Å². The van der Waals surface area contributed by atoms with Crippen molar-refractivity contribution in [2.45, 2.75) is 70.9 Å². The minimum atomic E-state index is -0.758. The van der Waals surface area contributed by atoms with Crippen LogP contribution in [-0.4, -0.2) is 35.2 Å². The molecule has 1 saturated heterocycles. The van der Waals surface area contributed by atoms with Gasteiger partial charge in [0.25, 0.3) is 0 Å². The zero-order valence-electron chi connectivity index (χ0n) is 20.1. The molecule has 2 atom stereocenters. The quantitative estimate of drug-likeness (QED) is 0.527. The molecule has 2 aromatic rings. The Morgan fingerprint density at radius 1 is 1.09 bits per heavy atom. The lowest BCUT2D eigenvalue weighted by molar-refractivity contribution is -0.143. The largest absolute Gasteiger partial charge is 0.490 e. The summed E-state index contributed by atoms with van der Waals surface area (Å²) in [6, 6.07) is 13.3. The number of piperidine rings is 1. The van der Waals surface area contributed by atoms with Crippen LogP contribution >= 0.6 is 0 Å². The van der Waals surface area contributed by atoms with Crippen LogP contribution in [0.15, 0.2) is 42.5 Å². The molecule has 2 aliphatic carbocycles. The van der Waals surface area contributed by atoms with Crippen molar-refractivity contribution in [2.75, 3.05) is 13.1 Å². The van der Waals surface area contributed by atoms with Crippen molar-refractivity contribution in [3.8, 4) is 16.9 Å². The van der Waals surface area contributed by atoms with Gasteiger partial charge in [0.1, 0.15) is 11.6 Å². The Kier molecular flexibility index (Phi) is 6.65. The molecule has 5 heteroatoms. The highest BCUT2D eigenvalue weighted by molar-refractivity contribution is 5.70. The normalized spacial score (nSPS) is 29.5. The lowest BCUT2D eigenvalue weighted by Gasteiger charge is -2.52. The van der Waals surface area contributed by atoms with Gasteiger partial charge in [-0.25, -0.2) is 4.39 Å². The van der Waals surface area contributed by atoms with E-state index in [0.29, 0.717) is 36.1 Å². The molecule has 0 amide bonds. The van der Waals surface area contributed by atoms with Crippen LogP contribution < -0.4 is 4.74 Å². The van der Waals surface area contributed by atoms with Crippen LogP contribution in [0.3, 0.4) is 0 Å². The third-order valence-corrected chi connectivity index (χ3v) is 8.84. The van der Waals surface area contributed by atoms with Gasteiger partial charge in [0.15, 0.2) is 0 Å². The van der Waals surface area contributed by atoms with Gasteiger partial charge in [0.05, 0.1) is 12.0 Å². The second-order valence-corrected chi connectivity index (χ2v) is 10.8. The fourth-order valence-corrected chi connectivity index (χ4v) is 6.34. The minimum absolute atomic E-state index is 0.221. The van der Waals surface area contributed by atoms with Gasteiger partial charge in [-0.05, 0) is 86.9 Å². The predicted molar refractivity (Wildman–Crippen MR) is 131 cm³/mol. The maximum atomic E-state index is 15.4. The fourth-order valence-electron chi connectivity index (χ4n) is 6.34. The van der Waals surface area contributed by atoms with Gasteiger partial charge in [0, 0.05) is 24.2 Å². The van der Waals surface area contributed by atoms with Crippen molar-refractivity contribution in [1.82, 2.24) is 4.90 Å². The zero-order valence-corrected chi connectivity index (χ0v) is 20.1. The standard InChI is InChI=1S/C29H36FNO3/c1-20-11-14-29(20)15-12-25(13-16-29)34-24-9-7-21(8-10-24)26-6-2-4-22(27(26)30)18-31-17-3-5-23(19-31)28(32)33/h2,4,6-10,20,23,25H,3,5,11-19H2,1H3,(H,32,33).